The predicted molar refractivity (Wildman–Crippen MR) is 118 cm³/mol. The van der Waals surface area contributed by atoms with Crippen molar-refractivity contribution in [2.75, 3.05) is 37.5 Å². The highest BCUT2D eigenvalue weighted by Gasteiger charge is 2.19. The first kappa shape index (κ1) is 21.0. The van der Waals surface area contributed by atoms with E-state index in [-0.39, 0.29) is 0 Å². The highest BCUT2D eigenvalue weighted by atomic mass is 35.5. The van der Waals surface area contributed by atoms with Gasteiger partial charge in [-0.3, -0.25) is 0 Å². The maximum Gasteiger partial charge on any atom is 0.159 e. The molecule has 0 unspecified atom stereocenters. The molecule has 3 aromatic rings. The van der Waals surface area contributed by atoms with Crippen LogP contribution in [0.1, 0.15) is 32.3 Å². The Labute approximate surface area is 176 Å². The monoisotopic (exact) mass is 417 g/mol. The summed E-state index contributed by atoms with van der Waals surface area (Å²) >= 11 is 6.25. The smallest absolute Gasteiger partial charge is 0.159 e. The number of anilines is 3. The van der Waals surface area contributed by atoms with E-state index in [1.807, 2.05) is 16.6 Å². The summed E-state index contributed by atoms with van der Waals surface area (Å²) in [6.45, 7) is 8.33. The highest BCUT2D eigenvalue weighted by Crippen LogP contribution is 2.38. The first-order chi connectivity index (χ1) is 14.0. The lowest BCUT2D eigenvalue weighted by atomic mass is 10.2. The first-order valence-corrected chi connectivity index (χ1v) is 10.2. The second-order valence-electron chi connectivity index (χ2n) is 6.81. The molecule has 0 aliphatic heterocycles. The number of hydrogen-bond acceptors (Lipinski definition) is 6. The van der Waals surface area contributed by atoms with Gasteiger partial charge in [-0.1, -0.05) is 25.4 Å². The van der Waals surface area contributed by atoms with Gasteiger partial charge in [-0.2, -0.15) is 9.61 Å². The normalized spacial score (nSPS) is 11.0. The molecule has 0 atom stereocenters. The summed E-state index contributed by atoms with van der Waals surface area (Å²) in [5.74, 6) is 2.97. The zero-order valence-corrected chi connectivity index (χ0v) is 18.4. The third-order valence-electron chi connectivity index (χ3n) is 4.75. The van der Waals surface area contributed by atoms with Crippen molar-refractivity contribution in [3.8, 4) is 11.5 Å². The second kappa shape index (κ2) is 9.22. The van der Waals surface area contributed by atoms with Gasteiger partial charge in [0.05, 0.1) is 31.1 Å². The fraction of sp³-hybridized carbons (Fsp3) is 0.429. The van der Waals surface area contributed by atoms with Gasteiger partial charge < -0.3 is 19.7 Å². The van der Waals surface area contributed by atoms with Crippen molar-refractivity contribution in [1.82, 2.24) is 14.6 Å². The van der Waals surface area contributed by atoms with Crippen molar-refractivity contribution < 1.29 is 9.47 Å². The van der Waals surface area contributed by atoms with E-state index in [9.17, 15) is 0 Å². The molecule has 0 aliphatic carbocycles. The summed E-state index contributed by atoms with van der Waals surface area (Å²) in [7, 11) is 3.20. The van der Waals surface area contributed by atoms with Crippen molar-refractivity contribution >= 4 is 34.6 Å². The van der Waals surface area contributed by atoms with Crippen LogP contribution in [0.3, 0.4) is 0 Å². The lowest BCUT2D eigenvalue weighted by Crippen LogP contribution is -2.28. The molecule has 156 valence electrons. The average molecular weight is 418 g/mol. The molecule has 0 amide bonds. The molecule has 8 heteroatoms. The van der Waals surface area contributed by atoms with Crippen LogP contribution in [0.2, 0.25) is 5.02 Å². The topological polar surface area (TPSA) is 63.9 Å². The van der Waals surface area contributed by atoms with Gasteiger partial charge in [-0.05, 0) is 19.8 Å². The molecule has 2 heterocycles. The van der Waals surface area contributed by atoms with Crippen molar-refractivity contribution in [1.29, 1.82) is 0 Å². The number of methoxy groups -OCH3 is 2. The molecule has 0 fully saturated rings. The third kappa shape index (κ3) is 4.19. The zero-order valence-electron chi connectivity index (χ0n) is 17.6. The number of fused-ring (bicyclic) bond motifs is 1. The van der Waals surface area contributed by atoms with Crippen LogP contribution in [0.15, 0.2) is 24.4 Å². The summed E-state index contributed by atoms with van der Waals surface area (Å²) in [4.78, 5) is 7.14. The Balaban J connectivity index is 2.13. The van der Waals surface area contributed by atoms with E-state index in [4.69, 9.17) is 26.1 Å². The largest absolute Gasteiger partial charge is 0.495 e. The number of hydrogen-bond donors (Lipinski definition) is 1. The summed E-state index contributed by atoms with van der Waals surface area (Å²) < 4.78 is 12.8. The van der Waals surface area contributed by atoms with Gasteiger partial charge in [-0.25, -0.2) is 4.98 Å². The maximum absolute atomic E-state index is 6.25. The van der Waals surface area contributed by atoms with Crippen LogP contribution < -0.4 is 19.7 Å². The summed E-state index contributed by atoms with van der Waals surface area (Å²) in [6.07, 6.45) is 3.88. The van der Waals surface area contributed by atoms with Crippen LogP contribution in [0.4, 0.5) is 17.3 Å². The van der Waals surface area contributed by atoms with E-state index in [1.54, 1.807) is 26.5 Å². The average Bonchev–Trinajstić information content (AvgIpc) is 3.17. The summed E-state index contributed by atoms with van der Waals surface area (Å²) in [5, 5.41) is 8.41. The van der Waals surface area contributed by atoms with E-state index >= 15 is 0 Å². The molecule has 0 saturated heterocycles. The van der Waals surface area contributed by atoms with Crippen LogP contribution in [0.5, 0.6) is 11.5 Å². The molecule has 7 nitrogen and oxygen atoms in total. The number of benzene rings is 1. The van der Waals surface area contributed by atoms with Crippen molar-refractivity contribution in [2.24, 2.45) is 0 Å². The number of ether oxygens (including phenoxy) is 2. The van der Waals surface area contributed by atoms with Gasteiger partial charge in [0, 0.05) is 36.9 Å². The Bertz CT molecular complexity index is 983. The summed E-state index contributed by atoms with van der Waals surface area (Å²) in [5.41, 5.74) is 2.53. The molecular weight excluding hydrogens is 390 g/mol. The van der Waals surface area contributed by atoms with Gasteiger partial charge in [0.15, 0.2) is 5.65 Å². The van der Waals surface area contributed by atoms with Gasteiger partial charge in [0.2, 0.25) is 0 Å². The maximum atomic E-state index is 6.25. The Kier molecular flexibility index (Phi) is 6.69. The van der Waals surface area contributed by atoms with Crippen LogP contribution in [0, 0.1) is 6.92 Å². The number of aromatic nitrogens is 3. The Hall–Kier alpha value is -2.67. The first-order valence-electron chi connectivity index (χ1n) is 9.81. The molecule has 3 rings (SSSR count). The second-order valence-corrected chi connectivity index (χ2v) is 7.22. The lowest BCUT2D eigenvalue weighted by molar-refractivity contribution is 0.405. The minimum Gasteiger partial charge on any atom is -0.495 e. The van der Waals surface area contributed by atoms with Crippen molar-refractivity contribution in [3.05, 3.63) is 35.0 Å². The molecule has 0 radical (unpaired) electrons. The van der Waals surface area contributed by atoms with E-state index in [2.05, 4.69) is 36.1 Å². The van der Waals surface area contributed by atoms with Crippen molar-refractivity contribution in [3.63, 3.8) is 0 Å². The van der Waals surface area contributed by atoms with Gasteiger partial charge >= 0.3 is 0 Å². The summed E-state index contributed by atoms with van der Waals surface area (Å²) in [6, 6.07) is 5.46. The van der Waals surface area contributed by atoms with Crippen molar-refractivity contribution in [2.45, 2.75) is 33.6 Å². The molecule has 2 aromatic heterocycles. The molecular formula is C21H28ClN5O2. The molecule has 0 saturated carbocycles. The van der Waals surface area contributed by atoms with E-state index in [1.165, 1.54) is 0 Å². The quantitative estimate of drug-likeness (QED) is 0.523. The van der Waals surface area contributed by atoms with Crippen LogP contribution in [-0.4, -0.2) is 41.9 Å². The molecule has 1 N–H and O–H groups in total. The Morgan fingerprint density at radius 3 is 2.41 bits per heavy atom. The van der Waals surface area contributed by atoms with Gasteiger partial charge in [0.25, 0.3) is 0 Å². The van der Waals surface area contributed by atoms with Crippen LogP contribution >= 0.6 is 11.6 Å². The van der Waals surface area contributed by atoms with Crippen LogP contribution in [-0.2, 0) is 0 Å². The molecule has 29 heavy (non-hydrogen) atoms. The Morgan fingerprint density at radius 1 is 1.10 bits per heavy atom. The fourth-order valence-corrected chi connectivity index (χ4v) is 3.68. The van der Waals surface area contributed by atoms with Gasteiger partial charge in [0.1, 0.15) is 23.1 Å². The third-order valence-corrected chi connectivity index (χ3v) is 5.05. The van der Waals surface area contributed by atoms with E-state index in [0.717, 1.165) is 54.5 Å². The molecule has 0 aliphatic rings. The minimum absolute atomic E-state index is 0.489. The molecule has 0 spiro atoms. The number of nitrogens with one attached hydrogen (secondary N) is 1. The lowest BCUT2D eigenvalue weighted by Gasteiger charge is -2.27. The van der Waals surface area contributed by atoms with E-state index in [0.29, 0.717) is 16.5 Å². The standard InChI is InChI=1S/C21H28ClN5O2/c1-6-10-26(11-7-2)21-14(3)20(25-19-8-9-23-27(19)21)24-16-13-17(28-4)15(22)12-18(16)29-5/h8-9,12-13H,6-7,10-11H2,1-5H3,(H,24,25). The fourth-order valence-electron chi connectivity index (χ4n) is 3.45. The highest BCUT2D eigenvalue weighted by molar-refractivity contribution is 6.32. The number of halogens is 1. The minimum atomic E-state index is 0.489. The SMILES string of the molecule is CCCN(CCC)c1c(C)c(Nc2cc(OC)c(Cl)cc2OC)nc2ccnn12. The molecule has 1 aromatic carbocycles. The number of nitrogens with zero attached hydrogens (tertiary/aromatic N) is 4. The number of rotatable bonds is 9. The van der Waals surface area contributed by atoms with Gasteiger partial charge in [-0.15, -0.1) is 0 Å². The zero-order chi connectivity index (χ0) is 21.0. The Morgan fingerprint density at radius 2 is 1.79 bits per heavy atom. The predicted octanol–water partition coefficient (Wildman–Crippen LogP) is 5.08. The molecule has 0 bridgehead atoms. The van der Waals surface area contributed by atoms with E-state index < -0.39 is 0 Å². The van der Waals surface area contributed by atoms with Crippen LogP contribution in [0.25, 0.3) is 5.65 Å².